The summed E-state index contributed by atoms with van der Waals surface area (Å²) in [5.41, 5.74) is 0.156. The van der Waals surface area contributed by atoms with Crippen LogP contribution in [-0.4, -0.2) is 54.6 Å². The lowest BCUT2D eigenvalue weighted by Crippen LogP contribution is -2.56. The van der Waals surface area contributed by atoms with Crippen LogP contribution in [0.4, 0.5) is 4.39 Å². The maximum absolute atomic E-state index is 14.0. The molecule has 9 nitrogen and oxygen atoms in total. The Hall–Kier alpha value is -3.27. The van der Waals surface area contributed by atoms with Gasteiger partial charge in [-0.1, -0.05) is 45.4 Å². The van der Waals surface area contributed by atoms with Crippen molar-refractivity contribution in [2.24, 2.45) is 17.8 Å². The number of benzene rings is 1. The summed E-state index contributed by atoms with van der Waals surface area (Å²) in [4.78, 5) is 62.1. The summed E-state index contributed by atoms with van der Waals surface area (Å²) in [5.74, 6) is -3.14. The first-order chi connectivity index (χ1) is 17.9. The standard InChI is InChI=1S/C27H36ClFN4O5/c1-15(2)11-22(26(37)31-20(14-34)12-18-9-10-30-25(18)36)32-27(38)24(16(3)4)33-23(35)8-6-17-5-7-19(28)13-21(17)29/h5-8,13-16,18,20,22,24H,9-12H2,1-4H3,(H,30,36)(H,31,37)(H,32,38)(H,33,35)/b8-6+/t18-,20-,22-,24?/m0/s1. The minimum Gasteiger partial charge on any atom is -0.356 e. The molecule has 4 atom stereocenters. The van der Waals surface area contributed by atoms with Crippen molar-refractivity contribution in [2.45, 2.75) is 65.1 Å². The lowest BCUT2D eigenvalue weighted by Gasteiger charge is -2.27. The van der Waals surface area contributed by atoms with E-state index in [1.165, 1.54) is 18.2 Å². The molecule has 0 saturated carbocycles. The minimum atomic E-state index is -0.978. The molecule has 1 unspecified atom stereocenters. The van der Waals surface area contributed by atoms with Crippen molar-refractivity contribution >= 4 is 47.6 Å². The van der Waals surface area contributed by atoms with Gasteiger partial charge >= 0.3 is 0 Å². The summed E-state index contributed by atoms with van der Waals surface area (Å²) in [6.45, 7) is 7.77. The minimum absolute atomic E-state index is 0.0330. The predicted molar refractivity (Wildman–Crippen MR) is 142 cm³/mol. The van der Waals surface area contributed by atoms with Crippen LogP contribution in [0, 0.1) is 23.6 Å². The average Bonchev–Trinajstić information content (AvgIpc) is 3.24. The van der Waals surface area contributed by atoms with Gasteiger partial charge in [-0.25, -0.2) is 4.39 Å². The van der Waals surface area contributed by atoms with Crippen LogP contribution in [0.5, 0.6) is 0 Å². The van der Waals surface area contributed by atoms with E-state index in [9.17, 15) is 28.4 Å². The second-order valence-electron chi connectivity index (χ2n) is 10.2. The molecule has 1 saturated heterocycles. The second kappa shape index (κ2) is 14.6. The van der Waals surface area contributed by atoms with Gasteiger partial charge in [-0.2, -0.15) is 0 Å². The largest absolute Gasteiger partial charge is 0.356 e. The van der Waals surface area contributed by atoms with Crippen LogP contribution in [0.2, 0.25) is 5.02 Å². The molecule has 1 aromatic rings. The predicted octanol–water partition coefficient (Wildman–Crippen LogP) is 2.37. The zero-order valence-corrected chi connectivity index (χ0v) is 22.8. The maximum Gasteiger partial charge on any atom is 0.244 e. The number of carbonyl (C=O) groups excluding carboxylic acids is 5. The molecule has 1 aliphatic rings. The van der Waals surface area contributed by atoms with Gasteiger partial charge in [-0.05, 0) is 49.3 Å². The summed E-state index contributed by atoms with van der Waals surface area (Å²) in [6.07, 6.45) is 4.03. The van der Waals surface area contributed by atoms with E-state index in [-0.39, 0.29) is 40.7 Å². The number of halogens is 2. The molecule has 4 amide bonds. The number of nitrogens with one attached hydrogen (secondary N) is 4. The van der Waals surface area contributed by atoms with Crippen LogP contribution in [0.1, 0.15) is 52.5 Å². The number of rotatable bonds is 13. The normalized spacial score (nSPS) is 17.7. The number of amides is 4. The summed E-state index contributed by atoms with van der Waals surface area (Å²) in [6, 6.07) is 1.23. The zero-order valence-electron chi connectivity index (χ0n) is 22.1. The fraction of sp³-hybridized carbons (Fsp3) is 0.519. The molecule has 0 aliphatic carbocycles. The van der Waals surface area contributed by atoms with Crippen molar-refractivity contribution in [2.75, 3.05) is 6.54 Å². The van der Waals surface area contributed by atoms with Crippen LogP contribution >= 0.6 is 11.6 Å². The highest BCUT2D eigenvalue weighted by atomic mass is 35.5. The third kappa shape index (κ3) is 9.55. The first-order valence-electron chi connectivity index (χ1n) is 12.7. The number of hydrogen-bond acceptors (Lipinski definition) is 5. The molecule has 2 rings (SSSR count). The number of hydrogen-bond donors (Lipinski definition) is 4. The summed E-state index contributed by atoms with van der Waals surface area (Å²) in [7, 11) is 0. The van der Waals surface area contributed by atoms with Gasteiger partial charge in [-0.3, -0.25) is 19.2 Å². The molecule has 0 aromatic heterocycles. The van der Waals surface area contributed by atoms with E-state index in [2.05, 4.69) is 21.3 Å². The molecule has 1 fully saturated rings. The van der Waals surface area contributed by atoms with Gasteiger partial charge in [0.1, 0.15) is 24.2 Å². The van der Waals surface area contributed by atoms with Crippen LogP contribution in [0.15, 0.2) is 24.3 Å². The van der Waals surface area contributed by atoms with E-state index >= 15 is 0 Å². The zero-order chi connectivity index (χ0) is 28.4. The molecular weight excluding hydrogens is 515 g/mol. The Balaban J connectivity index is 2.06. The van der Waals surface area contributed by atoms with Crippen LogP contribution < -0.4 is 21.3 Å². The fourth-order valence-electron chi connectivity index (χ4n) is 4.11. The van der Waals surface area contributed by atoms with Gasteiger partial charge < -0.3 is 26.1 Å². The van der Waals surface area contributed by atoms with Crippen molar-refractivity contribution < 1.29 is 28.4 Å². The summed E-state index contributed by atoms with van der Waals surface area (Å²) >= 11 is 5.74. The fourth-order valence-corrected chi connectivity index (χ4v) is 4.27. The molecule has 0 bridgehead atoms. The van der Waals surface area contributed by atoms with E-state index in [1.807, 2.05) is 13.8 Å². The highest BCUT2D eigenvalue weighted by Gasteiger charge is 2.32. The lowest BCUT2D eigenvalue weighted by molar-refractivity contribution is -0.133. The van der Waals surface area contributed by atoms with E-state index in [0.29, 0.717) is 25.7 Å². The first kappa shape index (κ1) is 31.0. The van der Waals surface area contributed by atoms with Crippen LogP contribution in [-0.2, 0) is 24.0 Å². The molecule has 38 heavy (non-hydrogen) atoms. The molecule has 208 valence electrons. The number of aldehydes is 1. The summed E-state index contributed by atoms with van der Waals surface area (Å²) in [5, 5.41) is 10.9. The smallest absolute Gasteiger partial charge is 0.244 e. The van der Waals surface area contributed by atoms with E-state index in [0.717, 1.165) is 12.1 Å². The third-order valence-electron chi connectivity index (χ3n) is 6.16. The first-order valence-corrected chi connectivity index (χ1v) is 13.1. The quantitative estimate of drug-likeness (QED) is 0.221. The van der Waals surface area contributed by atoms with Gasteiger partial charge in [0.05, 0.1) is 6.04 Å². The molecule has 11 heteroatoms. The Kier molecular flexibility index (Phi) is 11.9. The highest BCUT2D eigenvalue weighted by molar-refractivity contribution is 6.30. The van der Waals surface area contributed by atoms with Gasteiger partial charge in [0.15, 0.2) is 0 Å². The molecule has 4 N–H and O–H groups in total. The van der Waals surface area contributed by atoms with Crippen molar-refractivity contribution in [3.05, 3.63) is 40.7 Å². The van der Waals surface area contributed by atoms with Gasteiger partial charge in [-0.15, -0.1) is 0 Å². The molecule has 1 heterocycles. The Labute approximate surface area is 227 Å². The Morgan fingerprint density at radius 3 is 2.39 bits per heavy atom. The molecule has 1 aromatic carbocycles. The average molecular weight is 551 g/mol. The van der Waals surface area contributed by atoms with Crippen molar-refractivity contribution in [3.8, 4) is 0 Å². The van der Waals surface area contributed by atoms with E-state index < -0.39 is 41.7 Å². The lowest BCUT2D eigenvalue weighted by atomic mass is 9.97. The molecule has 1 aliphatic heterocycles. The molecule has 0 spiro atoms. The molecule has 0 radical (unpaired) electrons. The van der Waals surface area contributed by atoms with E-state index in [4.69, 9.17) is 11.6 Å². The van der Waals surface area contributed by atoms with Crippen molar-refractivity contribution in [3.63, 3.8) is 0 Å². The van der Waals surface area contributed by atoms with Crippen molar-refractivity contribution in [1.29, 1.82) is 0 Å². The third-order valence-corrected chi connectivity index (χ3v) is 6.39. The van der Waals surface area contributed by atoms with E-state index in [1.54, 1.807) is 13.8 Å². The van der Waals surface area contributed by atoms with Gasteiger partial charge in [0, 0.05) is 29.1 Å². The summed E-state index contributed by atoms with van der Waals surface area (Å²) < 4.78 is 14.0. The monoisotopic (exact) mass is 550 g/mol. The SMILES string of the molecule is CC(C)C[C@H](NC(=O)C(NC(=O)/C=C/c1ccc(Cl)cc1F)C(C)C)C(=O)N[C@H](C=O)C[C@@H]1CCNC1=O. The topological polar surface area (TPSA) is 133 Å². The Bertz CT molecular complexity index is 1060. The number of carbonyl (C=O) groups is 5. The van der Waals surface area contributed by atoms with Crippen LogP contribution in [0.3, 0.4) is 0 Å². The molecular formula is C27H36ClFN4O5. The van der Waals surface area contributed by atoms with Crippen LogP contribution in [0.25, 0.3) is 6.08 Å². The van der Waals surface area contributed by atoms with Gasteiger partial charge in [0.2, 0.25) is 23.6 Å². The Morgan fingerprint density at radius 2 is 1.84 bits per heavy atom. The van der Waals surface area contributed by atoms with Gasteiger partial charge in [0.25, 0.3) is 0 Å². The highest BCUT2D eigenvalue weighted by Crippen LogP contribution is 2.17. The Morgan fingerprint density at radius 1 is 1.13 bits per heavy atom. The maximum atomic E-state index is 14.0. The van der Waals surface area contributed by atoms with Crippen molar-refractivity contribution in [1.82, 2.24) is 21.3 Å². The second-order valence-corrected chi connectivity index (χ2v) is 10.6.